The third kappa shape index (κ3) is 6.21. The molecule has 9 heteroatoms. The van der Waals surface area contributed by atoms with E-state index < -0.39 is 17.7 Å². The topological polar surface area (TPSA) is 111 Å². The van der Waals surface area contributed by atoms with Gasteiger partial charge in [0.05, 0.1) is 11.8 Å². The van der Waals surface area contributed by atoms with Gasteiger partial charge in [-0.05, 0) is 39.0 Å². The molecule has 1 heterocycles. The third-order valence-corrected chi connectivity index (χ3v) is 3.18. The maximum Gasteiger partial charge on any atom is 0.407 e. The predicted molar refractivity (Wildman–Crippen MR) is 95.4 cm³/mol. The van der Waals surface area contributed by atoms with Gasteiger partial charge in [0.15, 0.2) is 0 Å². The number of halogens is 1. The summed E-state index contributed by atoms with van der Waals surface area (Å²) in [5.41, 5.74) is 0.00874. The lowest BCUT2D eigenvalue weighted by Gasteiger charge is -2.20. The summed E-state index contributed by atoms with van der Waals surface area (Å²) in [5, 5.41) is 11.9. The summed E-state index contributed by atoms with van der Waals surface area (Å²) in [6.45, 7) is 5.02. The van der Waals surface area contributed by atoms with E-state index in [-0.39, 0.29) is 24.5 Å². The number of ether oxygens (including phenoxy) is 2. The molecule has 2 rings (SSSR count). The van der Waals surface area contributed by atoms with Crippen LogP contribution in [0.4, 0.5) is 9.18 Å². The maximum atomic E-state index is 13.0. The number of alkyl carbamates (subject to hydrolysis) is 1. The minimum atomic E-state index is -1.22. The normalized spacial score (nSPS) is 11.9. The summed E-state index contributed by atoms with van der Waals surface area (Å²) >= 11 is 0. The standard InChI is InChI=1S/C18H20FN3O5/c1-18(2,3)27-17(25)21-8-11(7-19)10-26-13-4-5-14-12(6-13)9-20-15(22-14)16(23)24/h4-7,9H,8,10H2,1-3H3,(H,21,25)(H,23,24)/b11-7+. The van der Waals surface area contributed by atoms with Gasteiger partial charge in [-0.15, -0.1) is 0 Å². The van der Waals surface area contributed by atoms with Gasteiger partial charge < -0.3 is 19.9 Å². The molecule has 0 saturated heterocycles. The molecular formula is C18H20FN3O5. The number of hydrogen-bond acceptors (Lipinski definition) is 6. The highest BCUT2D eigenvalue weighted by molar-refractivity contribution is 5.87. The minimum absolute atomic E-state index is 0.0654. The first-order valence-corrected chi connectivity index (χ1v) is 8.06. The zero-order valence-corrected chi connectivity index (χ0v) is 15.2. The number of carbonyl (C=O) groups is 2. The Morgan fingerprint density at radius 3 is 2.70 bits per heavy atom. The largest absolute Gasteiger partial charge is 0.489 e. The molecule has 0 spiro atoms. The molecule has 0 bridgehead atoms. The van der Waals surface area contributed by atoms with Crippen LogP contribution >= 0.6 is 0 Å². The third-order valence-electron chi connectivity index (χ3n) is 3.18. The Morgan fingerprint density at radius 1 is 1.33 bits per heavy atom. The van der Waals surface area contributed by atoms with Gasteiger partial charge in [0.2, 0.25) is 5.82 Å². The number of aromatic nitrogens is 2. The zero-order chi connectivity index (χ0) is 20.0. The average Bonchev–Trinajstić information content (AvgIpc) is 2.59. The van der Waals surface area contributed by atoms with E-state index in [1.165, 1.54) is 6.20 Å². The second-order valence-electron chi connectivity index (χ2n) is 6.63. The quantitative estimate of drug-likeness (QED) is 0.796. The fraction of sp³-hybridized carbons (Fsp3) is 0.333. The molecule has 8 nitrogen and oxygen atoms in total. The molecular weight excluding hydrogens is 357 g/mol. The number of fused-ring (bicyclic) bond motifs is 1. The van der Waals surface area contributed by atoms with Crippen LogP contribution in [0.15, 0.2) is 36.3 Å². The van der Waals surface area contributed by atoms with Gasteiger partial charge in [0, 0.05) is 23.7 Å². The monoisotopic (exact) mass is 377 g/mol. The van der Waals surface area contributed by atoms with Crippen molar-refractivity contribution in [2.45, 2.75) is 26.4 Å². The van der Waals surface area contributed by atoms with Crippen LogP contribution in [0.2, 0.25) is 0 Å². The van der Waals surface area contributed by atoms with Crippen molar-refractivity contribution in [3.8, 4) is 5.75 Å². The molecule has 2 N–H and O–H groups in total. The van der Waals surface area contributed by atoms with Gasteiger partial charge in [-0.2, -0.15) is 0 Å². The smallest absolute Gasteiger partial charge is 0.407 e. The van der Waals surface area contributed by atoms with Crippen molar-refractivity contribution in [1.82, 2.24) is 15.3 Å². The van der Waals surface area contributed by atoms with Crippen molar-refractivity contribution >= 4 is 23.0 Å². The van der Waals surface area contributed by atoms with Gasteiger partial charge in [-0.3, -0.25) is 0 Å². The Hall–Kier alpha value is -3.23. The first kappa shape index (κ1) is 20.1. The van der Waals surface area contributed by atoms with E-state index in [9.17, 15) is 14.0 Å². The van der Waals surface area contributed by atoms with Gasteiger partial charge in [0.25, 0.3) is 0 Å². The molecule has 0 unspecified atom stereocenters. The van der Waals surface area contributed by atoms with Crippen LogP contribution < -0.4 is 10.1 Å². The van der Waals surface area contributed by atoms with Gasteiger partial charge in [-0.25, -0.2) is 23.9 Å². The second kappa shape index (κ2) is 8.43. The molecule has 0 aliphatic rings. The van der Waals surface area contributed by atoms with Crippen LogP contribution in [0, 0.1) is 0 Å². The molecule has 1 aromatic heterocycles. The van der Waals surface area contributed by atoms with Crippen molar-refractivity contribution in [1.29, 1.82) is 0 Å². The molecule has 1 aromatic carbocycles. The number of benzene rings is 1. The van der Waals surface area contributed by atoms with E-state index in [4.69, 9.17) is 14.6 Å². The summed E-state index contributed by atoms with van der Waals surface area (Å²) in [6, 6.07) is 4.77. The second-order valence-corrected chi connectivity index (χ2v) is 6.63. The van der Waals surface area contributed by atoms with Crippen LogP contribution in [0.25, 0.3) is 10.9 Å². The van der Waals surface area contributed by atoms with E-state index in [1.54, 1.807) is 39.0 Å². The molecule has 0 aliphatic heterocycles. The van der Waals surface area contributed by atoms with Crippen molar-refractivity contribution in [2.75, 3.05) is 13.2 Å². The molecule has 0 aliphatic carbocycles. The van der Waals surface area contributed by atoms with Crippen LogP contribution in [0.1, 0.15) is 31.4 Å². The Balaban J connectivity index is 1.95. The van der Waals surface area contributed by atoms with E-state index in [0.29, 0.717) is 23.0 Å². The number of rotatable bonds is 6. The van der Waals surface area contributed by atoms with Crippen molar-refractivity contribution < 1.29 is 28.6 Å². The predicted octanol–water partition coefficient (Wildman–Crippen LogP) is 3.08. The summed E-state index contributed by atoms with van der Waals surface area (Å²) < 4.78 is 23.6. The number of hydrogen-bond donors (Lipinski definition) is 2. The highest BCUT2D eigenvalue weighted by Gasteiger charge is 2.16. The number of carbonyl (C=O) groups excluding carboxylic acids is 1. The van der Waals surface area contributed by atoms with E-state index in [0.717, 1.165) is 0 Å². The van der Waals surface area contributed by atoms with Crippen LogP contribution in [0.5, 0.6) is 5.75 Å². The minimum Gasteiger partial charge on any atom is -0.489 e. The molecule has 0 radical (unpaired) electrons. The highest BCUT2D eigenvalue weighted by atomic mass is 19.1. The van der Waals surface area contributed by atoms with Crippen LogP contribution in [-0.2, 0) is 4.74 Å². The number of aromatic carboxylic acids is 1. The van der Waals surface area contributed by atoms with Crippen molar-refractivity contribution in [2.24, 2.45) is 0 Å². The summed E-state index contributed by atoms with van der Waals surface area (Å²) in [5.74, 6) is -1.09. The molecule has 0 saturated carbocycles. The number of amides is 1. The first-order valence-electron chi connectivity index (χ1n) is 8.06. The Kier molecular flexibility index (Phi) is 6.27. The number of carboxylic acids is 1. The number of carboxylic acid groups (broad SMARTS) is 1. The molecule has 27 heavy (non-hydrogen) atoms. The van der Waals surface area contributed by atoms with Crippen LogP contribution in [-0.4, -0.2) is 45.9 Å². The zero-order valence-electron chi connectivity index (χ0n) is 15.2. The summed E-state index contributed by atoms with van der Waals surface area (Å²) in [6.07, 6.45) is 1.08. The lowest BCUT2D eigenvalue weighted by molar-refractivity contribution is 0.0531. The lowest BCUT2D eigenvalue weighted by atomic mass is 10.2. The molecule has 0 fully saturated rings. The number of nitrogens with zero attached hydrogens (tertiary/aromatic N) is 2. The summed E-state index contributed by atoms with van der Waals surface area (Å²) in [4.78, 5) is 30.1. The number of nitrogens with one attached hydrogen (secondary N) is 1. The lowest BCUT2D eigenvalue weighted by Crippen LogP contribution is -2.34. The maximum absolute atomic E-state index is 13.0. The van der Waals surface area contributed by atoms with Crippen LogP contribution in [0.3, 0.4) is 0 Å². The van der Waals surface area contributed by atoms with Gasteiger partial charge in [0.1, 0.15) is 18.0 Å². The van der Waals surface area contributed by atoms with E-state index in [1.807, 2.05) is 0 Å². The van der Waals surface area contributed by atoms with Crippen molar-refractivity contribution in [3.05, 3.63) is 42.1 Å². The molecule has 2 aromatic rings. The average molecular weight is 377 g/mol. The SMILES string of the molecule is CC(C)(C)OC(=O)NC/C(=C\F)COc1ccc2nc(C(=O)O)ncc2c1. The molecule has 1 amide bonds. The first-order chi connectivity index (χ1) is 12.7. The van der Waals surface area contributed by atoms with Crippen molar-refractivity contribution in [3.63, 3.8) is 0 Å². The Bertz CT molecular complexity index is 877. The van der Waals surface area contributed by atoms with E-state index in [2.05, 4.69) is 15.3 Å². The fourth-order valence-electron chi connectivity index (χ4n) is 2.00. The van der Waals surface area contributed by atoms with E-state index >= 15 is 0 Å². The fourth-order valence-corrected chi connectivity index (χ4v) is 2.00. The van der Waals surface area contributed by atoms with Gasteiger partial charge >= 0.3 is 12.1 Å². The Morgan fingerprint density at radius 2 is 2.07 bits per heavy atom. The molecule has 144 valence electrons. The highest BCUT2D eigenvalue weighted by Crippen LogP contribution is 2.19. The summed E-state index contributed by atoms with van der Waals surface area (Å²) in [7, 11) is 0. The Labute approximate surface area is 155 Å². The molecule has 0 atom stereocenters. The van der Waals surface area contributed by atoms with Gasteiger partial charge in [-0.1, -0.05) is 0 Å².